The summed E-state index contributed by atoms with van der Waals surface area (Å²) in [6.07, 6.45) is 0. The zero-order chi connectivity index (χ0) is 30.6. The summed E-state index contributed by atoms with van der Waals surface area (Å²) in [5.74, 6) is 0.835. The Labute approximate surface area is 272 Å². The Bertz CT molecular complexity index is 3090. The van der Waals surface area contributed by atoms with Gasteiger partial charge in [0.05, 0.1) is 27.6 Å². The van der Waals surface area contributed by atoms with Gasteiger partial charge in [0.15, 0.2) is 0 Å². The molecule has 5 heteroatoms. The van der Waals surface area contributed by atoms with Crippen molar-refractivity contribution in [2.45, 2.75) is 0 Å². The van der Waals surface area contributed by atoms with Crippen molar-refractivity contribution < 1.29 is 0 Å². The van der Waals surface area contributed by atoms with Gasteiger partial charge in [-0.1, -0.05) is 84.9 Å². The molecule has 0 amide bonds. The van der Waals surface area contributed by atoms with E-state index >= 15 is 0 Å². The highest BCUT2D eigenvalue weighted by molar-refractivity contribution is 7.25. The zero-order valence-electron chi connectivity index (χ0n) is 25.1. The van der Waals surface area contributed by atoms with Crippen LogP contribution in [-0.4, -0.2) is 18.9 Å². The molecule has 0 atom stereocenters. The van der Waals surface area contributed by atoms with E-state index in [9.17, 15) is 0 Å². The molecule has 0 fully saturated rings. The molecule has 0 unspecified atom stereocenters. The molecule has 0 saturated carbocycles. The largest absolute Gasteiger partial charge is 0.279 e. The van der Waals surface area contributed by atoms with Crippen LogP contribution in [0.4, 0.5) is 0 Å². The Kier molecular flexibility index (Phi) is 4.96. The predicted molar refractivity (Wildman–Crippen MR) is 198 cm³/mol. The van der Waals surface area contributed by atoms with Gasteiger partial charge in [0, 0.05) is 36.3 Å². The monoisotopic (exact) mass is 616 g/mol. The summed E-state index contributed by atoms with van der Waals surface area (Å²) in [6, 6.07) is 52.4. The summed E-state index contributed by atoms with van der Waals surface area (Å²) < 4.78 is 7.21. The lowest BCUT2D eigenvalue weighted by Crippen LogP contribution is -2.06. The van der Waals surface area contributed by atoms with Crippen LogP contribution in [0.1, 0.15) is 0 Å². The van der Waals surface area contributed by atoms with Gasteiger partial charge in [-0.25, -0.2) is 9.97 Å². The molecule has 0 aliphatic heterocycles. The second-order valence-electron chi connectivity index (χ2n) is 12.2. The molecule has 7 aromatic carbocycles. The molecule has 4 nitrogen and oxygen atoms in total. The first kappa shape index (κ1) is 25.2. The Balaban J connectivity index is 1.27. The highest BCUT2D eigenvalue weighted by Crippen LogP contribution is 2.41. The minimum Gasteiger partial charge on any atom is -0.279 e. The van der Waals surface area contributed by atoms with E-state index in [2.05, 4.69) is 155 Å². The highest BCUT2D eigenvalue weighted by Gasteiger charge is 2.21. The number of thiophene rings is 1. The first-order chi connectivity index (χ1) is 23.3. The number of benzene rings is 7. The number of fused-ring (bicyclic) bond motifs is 13. The van der Waals surface area contributed by atoms with Crippen molar-refractivity contribution in [2.24, 2.45) is 0 Å². The quantitative estimate of drug-likeness (QED) is 0.194. The average Bonchev–Trinajstić information content (AvgIpc) is 3.81. The number of hydrogen-bond acceptors (Lipinski definition) is 3. The summed E-state index contributed by atoms with van der Waals surface area (Å²) in [6.45, 7) is 0. The molecule has 0 aliphatic rings. The zero-order valence-corrected chi connectivity index (χ0v) is 25.9. The second kappa shape index (κ2) is 9.25. The third kappa shape index (κ3) is 3.46. The fraction of sp³-hybridized carbons (Fsp3) is 0. The lowest BCUT2D eigenvalue weighted by molar-refractivity contribution is 0.980. The van der Waals surface area contributed by atoms with Crippen LogP contribution in [0.25, 0.3) is 97.4 Å². The molecule has 0 bridgehead atoms. The van der Waals surface area contributed by atoms with Crippen molar-refractivity contribution in [1.29, 1.82) is 0 Å². The summed E-state index contributed by atoms with van der Waals surface area (Å²) in [5, 5.41) is 8.56. The standard InChI is InChI=1S/C42H24N4S/c1-2-10-28-25(9-1)17-21-37-40(28)32-24-26(27-19-22-39-31(23-27)29-11-4-8-16-38(29)47-39)18-20-35(32)45(37)42-44-33-13-5-3-12-30(33)41-43-34-14-6-7-15-36(34)46(41)42/h1-24H. The fourth-order valence-electron chi connectivity index (χ4n) is 7.57. The second-order valence-corrected chi connectivity index (χ2v) is 13.3. The first-order valence-corrected chi connectivity index (χ1v) is 16.7. The number of rotatable bonds is 2. The Morgan fingerprint density at radius 1 is 0.447 bits per heavy atom. The van der Waals surface area contributed by atoms with Crippen molar-refractivity contribution in [3.8, 4) is 17.1 Å². The Morgan fingerprint density at radius 2 is 1.13 bits per heavy atom. The van der Waals surface area contributed by atoms with Crippen molar-refractivity contribution >= 4 is 91.7 Å². The molecule has 4 aromatic heterocycles. The molecular formula is C42H24N4S. The van der Waals surface area contributed by atoms with E-state index in [4.69, 9.17) is 9.97 Å². The van der Waals surface area contributed by atoms with E-state index in [1.54, 1.807) is 0 Å². The third-order valence-corrected chi connectivity index (χ3v) is 10.8. The maximum absolute atomic E-state index is 5.37. The van der Waals surface area contributed by atoms with Crippen LogP contribution < -0.4 is 0 Å². The van der Waals surface area contributed by atoms with Crippen LogP contribution in [-0.2, 0) is 0 Å². The molecule has 0 aliphatic carbocycles. The summed E-state index contributed by atoms with van der Waals surface area (Å²) in [7, 11) is 0. The van der Waals surface area contributed by atoms with Gasteiger partial charge in [-0.2, -0.15) is 0 Å². The molecule has 11 aromatic rings. The summed E-state index contributed by atoms with van der Waals surface area (Å²) >= 11 is 1.86. The van der Waals surface area contributed by atoms with Gasteiger partial charge in [0.2, 0.25) is 5.95 Å². The molecule has 4 heterocycles. The lowest BCUT2D eigenvalue weighted by atomic mass is 9.99. The maximum Gasteiger partial charge on any atom is 0.221 e. The van der Waals surface area contributed by atoms with E-state index in [-0.39, 0.29) is 0 Å². The van der Waals surface area contributed by atoms with E-state index in [1.165, 1.54) is 52.8 Å². The van der Waals surface area contributed by atoms with E-state index < -0.39 is 0 Å². The minimum absolute atomic E-state index is 0.835. The maximum atomic E-state index is 5.37. The number of imidazole rings is 1. The average molecular weight is 617 g/mol. The van der Waals surface area contributed by atoms with Crippen LogP contribution in [0, 0.1) is 0 Å². The van der Waals surface area contributed by atoms with Crippen molar-refractivity contribution in [3.63, 3.8) is 0 Å². The van der Waals surface area contributed by atoms with E-state index in [1.807, 2.05) is 11.3 Å². The van der Waals surface area contributed by atoms with Gasteiger partial charge < -0.3 is 0 Å². The Hall–Kier alpha value is -6.04. The van der Waals surface area contributed by atoms with Crippen molar-refractivity contribution in [3.05, 3.63) is 146 Å². The third-order valence-electron chi connectivity index (χ3n) is 9.69. The van der Waals surface area contributed by atoms with Crippen LogP contribution in [0.5, 0.6) is 0 Å². The number of aromatic nitrogens is 4. The Morgan fingerprint density at radius 3 is 2.04 bits per heavy atom. The van der Waals surface area contributed by atoms with E-state index in [0.29, 0.717) is 0 Å². The molecule has 218 valence electrons. The number of nitrogens with zero attached hydrogens (tertiary/aromatic N) is 4. The van der Waals surface area contributed by atoms with E-state index in [0.717, 1.165) is 44.6 Å². The molecule has 0 saturated heterocycles. The molecular weight excluding hydrogens is 593 g/mol. The fourth-order valence-corrected chi connectivity index (χ4v) is 8.65. The molecule has 0 spiro atoms. The van der Waals surface area contributed by atoms with Gasteiger partial charge in [0.1, 0.15) is 5.65 Å². The number of para-hydroxylation sites is 3. The number of hydrogen-bond donors (Lipinski definition) is 0. The summed E-state index contributed by atoms with van der Waals surface area (Å²) in [5.41, 5.74) is 8.49. The first-order valence-electron chi connectivity index (χ1n) is 15.8. The highest BCUT2D eigenvalue weighted by atomic mass is 32.1. The smallest absolute Gasteiger partial charge is 0.221 e. The van der Waals surface area contributed by atoms with Gasteiger partial charge in [-0.15, -0.1) is 11.3 Å². The van der Waals surface area contributed by atoms with Crippen LogP contribution in [0.3, 0.4) is 0 Å². The van der Waals surface area contributed by atoms with Gasteiger partial charge in [0.25, 0.3) is 0 Å². The lowest BCUT2D eigenvalue weighted by Gasteiger charge is -2.13. The topological polar surface area (TPSA) is 35.1 Å². The van der Waals surface area contributed by atoms with Crippen LogP contribution in [0.2, 0.25) is 0 Å². The van der Waals surface area contributed by atoms with Crippen molar-refractivity contribution in [1.82, 2.24) is 18.9 Å². The minimum atomic E-state index is 0.835. The SMILES string of the molecule is c1ccc2c(c1)ccc1c2c2cc(-c3ccc4sc5ccccc5c4c3)ccc2n1-c1nc2ccccc2c2nc3ccccc3n12. The molecule has 47 heavy (non-hydrogen) atoms. The van der Waals surface area contributed by atoms with Crippen LogP contribution in [0.15, 0.2) is 146 Å². The molecule has 0 radical (unpaired) electrons. The van der Waals surface area contributed by atoms with Gasteiger partial charge in [-0.3, -0.25) is 8.97 Å². The predicted octanol–water partition coefficient (Wildman–Crippen LogP) is 11.3. The van der Waals surface area contributed by atoms with Gasteiger partial charge >= 0.3 is 0 Å². The summed E-state index contributed by atoms with van der Waals surface area (Å²) in [4.78, 5) is 10.5. The van der Waals surface area contributed by atoms with Crippen molar-refractivity contribution in [2.75, 3.05) is 0 Å². The van der Waals surface area contributed by atoms with Gasteiger partial charge in [-0.05, 0) is 82.6 Å². The molecule has 0 N–H and O–H groups in total. The molecule has 11 rings (SSSR count). The van der Waals surface area contributed by atoms with Crippen LogP contribution >= 0.6 is 11.3 Å². The normalized spacial score (nSPS) is 12.3.